The molecule has 2 N–H and O–H groups in total. The van der Waals surface area contributed by atoms with E-state index >= 15 is 0 Å². The molecule has 2 unspecified atom stereocenters. The van der Waals surface area contributed by atoms with Crippen molar-refractivity contribution in [2.75, 3.05) is 6.54 Å². The van der Waals surface area contributed by atoms with Crippen LogP contribution in [0.3, 0.4) is 0 Å². The van der Waals surface area contributed by atoms with Gasteiger partial charge < -0.3 is 10.6 Å². The van der Waals surface area contributed by atoms with Crippen LogP contribution in [0.1, 0.15) is 17.5 Å². The Morgan fingerprint density at radius 2 is 2.00 bits per heavy atom. The third kappa shape index (κ3) is 2.06. The van der Waals surface area contributed by atoms with Crippen LogP contribution in [0.25, 0.3) is 0 Å². The minimum atomic E-state index is -0.00902. The number of hydrogen-bond acceptors (Lipinski definition) is 2. The molecular formula is C15H18N2O. The van der Waals surface area contributed by atoms with Gasteiger partial charge >= 0.3 is 0 Å². The maximum atomic E-state index is 12.4. The van der Waals surface area contributed by atoms with E-state index in [-0.39, 0.29) is 17.9 Å². The highest BCUT2D eigenvalue weighted by molar-refractivity contribution is 5.81. The summed E-state index contributed by atoms with van der Waals surface area (Å²) in [6.07, 6.45) is 5.63. The summed E-state index contributed by atoms with van der Waals surface area (Å²) in [7, 11) is 0. The average molecular weight is 242 g/mol. The number of benzene rings is 1. The molecule has 0 spiro atoms. The maximum Gasteiger partial charge on any atom is 0.229 e. The molecule has 1 heterocycles. The fourth-order valence-corrected chi connectivity index (χ4v) is 2.83. The lowest BCUT2D eigenvalue weighted by Gasteiger charge is -2.30. The zero-order valence-electron chi connectivity index (χ0n) is 10.4. The number of amides is 1. The molecule has 0 radical (unpaired) electrons. The molecule has 3 heteroatoms. The van der Waals surface area contributed by atoms with Gasteiger partial charge in [-0.15, -0.1) is 0 Å². The van der Waals surface area contributed by atoms with Crippen molar-refractivity contribution >= 4 is 5.91 Å². The molecule has 1 aliphatic carbocycles. The molecule has 3 nitrogen and oxygen atoms in total. The second kappa shape index (κ2) is 4.58. The predicted molar refractivity (Wildman–Crippen MR) is 70.8 cm³/mol. The molecule has 18 heavy (non-hydrogen) atoms. The first kappa shape index (κ1) is 11.5. The van der Waals surface area contributed by atoms with E-state index in [1.807, 2.05) is 23.1 Å². The number of nitrogens with two attached hydrogens (primary N) is 1. The first-order valence-corrected chi connectivity index (χ1v) is 6.53. The fraction of sp³-hybridized carbons (Fsp3) is 0.400. The minimum absolute atomic E-state index is 0.00902. The molecule has 1 aromatic carbocycles. The molecule has 1 aliphatic heterocycles. The second-order valence-corrected chi connectivity index (χ2v) is 5.17. The van der Waals surface area contributed by atoms with Crippen LogP contribution in [0, 0.1) is 5.92 Å². The maximum absolute atomic E-state index is 12.4. The van der Waals surface area contributed by atoms with Gasteiger partial charge in [-0.05, 0) is 24.0 Å². The van der Waals surface area contributed by atoms with E-state index in [9.17, 15) is 4.79 Å². The minimum Gasteiger partial charge on any atom is -0.338 e. The van der Waals surface area contributed by atoms with Gasteiger partial charge in [0, 0.05) is 19.1 Å². The second-order valence-electron chi connectivity index (χ2n) is 5.17. The Morgan fingerprint density at radius 3 is 2.72 bits per heavy atom. The SMILES string of the molecule is NC1C=CC(C(=O)N2CCc3ccccc3C2)C1. The predicted octanol–water partition coefficient (Wildman–Crippen LogP) is 1.47. The van der Waals surface area contributed by atoms with Gasteiger partial charge in [-0.3, -0.25) is 4.79 Å². The van der Waals surface area contributed by atoms with Gasteiger partial charge in [0.05, 0.1) is 5.92 Å². The summed E-state index contributed by atoms with van der Waals surface area (Å²) >= 11 is 0. The lowest BCUT2D eigenvalue weighted by Crippen LogP contribution is -2.39. The van der Waals surface area contributed by atoms with Crippen LogP contribution >= 0.6 is 0 Å². The molecule has 0 saturated heterocycles. The van der Waals surface area contributed by atoms with Crippen molar-refractivity contribution in [3.05, 3.63) is 47.5 Å². The summed E-state index contributed by atoms with van der Waals surface area (Å²) in [5.74, 6) is 0.221. The number of hydrogen-bond donors (Lipinski definition) is 1. The van der Waals surface area contributed by atoms with E-state index in [2.05, 4.69) is 18.2 Å². The third-order valence-electron chi connectivity index (χ3n) is 3.88. The molecule has 0 fully saturated rings. The zero-order valence-corrected chi connectivity index (χ0v) is 10.4. The van der Waals surface area contributed by atoms with E-state index in [1.54, 1.807) is 0 Å². The molecule has 94 valence electrons. The van der Waals surface area contributed by atoms with Gasteiger partial charge in [0.2, 0.25) is 5.91 Å². The van der Waals surface area contributed by atoms with Crippen molar-refractivity contribution in [2.24, 2.45) is 11.7 Å². The molecule has 1 amide bonds. The van der Waals surface area contributed by atoms with Gasteiger partial charge in [-0.2, -0.15) is 0 Å². The smallest absolute Gasteiger partial charge is 0.229 e. The molecule has 2 atom stereocenters. The Bertz CT molecular complexity index is 495. The van der Waals surface area contributed by atoms with Crippen LogP contribution in [-0.4, -0.2) is 23.4 Å². The normalized spacial score (nSPS) is 26.2. The van der Waals surface area contributed by atoms with Gasteiger partial charge in [-0.1, -0.05) is 36.4 Å². The Balaban J connectivity index is 1.72. The van der Waals surface area contributed by atoms with E-state index < -0.39 is 0 Å². The lowest BCUT2D eigenvalue weighted by atomic mass is 9.98. The Morgan fingerprint density at radius 1 is 1.22 bits per heavy atom. The van der Waals surface area contributed by atoms with Crippen molar-refractivity contribution in [1.29, 1.82) is 0 Å². The quantitative estimate of drug-likeness (QED) is 0.758. The van der Waals surface area contributed by atoms with Gasteiger partial charge in [0.15, 0.2) is 0 Å². The third-order valence-corrected chi connectivity index (χ3v) is 3.88. The summed E-state index contributed by atoms with van der Waals surface area (Å²) in [6.45, 7) is 1.57. The van der Waals surface area contributed by atoms with Crippen LogP contribution in [0.15, 0.2) is 36.4 Å². The molecular weight excluding hydrogens is 224 g/mol. The standard InChI is InChI=1S/C15H18N2O/c16-14-6-5-12(9-14)15(18)17-8-7-11-3-1-2-4-13(11)10-17/h1-6,12,14H,7-10,16H2. The van der Waals surface area contributed by atoms with Crippen molar-refractivity contribution in [1.82, 2.24) is 4.90 Å². The van der Waals surface area contributed by atoms with Crippen LogP contribution < -0.4 is 5.73 Å². The first-order valence-electron chi connectivity index (χ1n) is 6.53. The highest BCUT2D eigenvalue weighted by Gasteiger charge is 2.28. The molecule has 0 bridgehead atoms. The monoisotopic (exact) mass is 242 g/mol. The van der Waals surface area contributed by atoms with Crippen molar-refractivity contribution in [2.45, 2.75) is 25.4 Å². The molecule has 0 saturated carbocycles. The highest BCUT2D eigenvalue weighted by Crippen LogP contribution is 2.24. The lowest BCUT2D eigenvalue weighted by molar-refractivity contribution is -0.135. The largest absolute Gasteiger partial charge is 0.338 e. The molecule has 0 aromatic heterocycles. The van der Waals surface area contributed by atoms with Gasteiger partial charge in [0.1, 0.15) is 0 Å². The van der Waals surface area contributed by atoms with E-state index in [0.717, 1.165) is 25.9 Å². The Hall–Kier alpha value is -1.61. The van der Waals surface area contributed by atoms with E-state index in [0.29, 0.717) is 0 Å². The first-order chi connectivity index (χ1) is 8.74. The fourth-order valence-electron chi connectivity index (χ4n) is 2.83. The number of nitrogens with zero attached hydrogens (tertiary/aromatic N) is 1. The summed E-state index contributed by atoms with van der Waals surface area (Å²) < 4.78 is 0. The average Bonchev–Trinajstić information content (AvgIpc) is 2.84. The van der Waals surface area contributed by atoms with Crippen LogP contribution in [-0.2, 0) is 17.8 Å². The topological polar surface area (TPSA) is 46.3 Å². The Kier molecular flexibility index (Phi) is 2.92. The number of rotatable bonds is 1. The van der Waals surface area contributed by atoms with Crippen LogP contribution in [0.2, 0.25) is 0 Å². The number of carbonyl (C=O) groups excluding carboxylic acids is 1. The van der Waals surface area contributed by atoms with E-state index in [1.165, 1.54) is 11.1 Å². The van der Waals surface area contributed by atoms with Crippen LogP contribution in [0.5, 0.6) is 0 Å². The zero-order chi connectivity index (χ0) is 12.5. The number of carbonyl (C=O) groups is 1. The van der Waals surface area contributed by atoms with Gasteiger partial charge in [-0.25, -0.2) is 0 Å². The van der Waals surface area contributed by atoms with Gasteiger partial charge in [0.25, 0.3) is 0 Å². The van der Waals surface area contributed by atoms with Crippen LogP contribution in [0.4, 0.5) is 0 Å². The number of fused-ring (bicyclic) bond motifs is 1. The highest BCUT2D eigenvalue weighted by atomic mass is 16.2. The summed E-state index contributed by atoms with van der Waals surface area (Å²) in [6, 6.07) is 8.43. The molecule has 3 rings (SSSR count). The van der Waals surface area contributed by atoms with Crippen molar-refractivity contribution < 1.29 is 4.79 Å². The van der Waals surface area contributed by atoms with E-state index in [4.69, 9.17) is 5.73 Å². The summed E-state index contributed by atoms with van der Waals surface area (Å²) in [5, 5.41) is 0. The molecule has 2 aliphatic rings. The summed E-state index contributed by atoms with van der Waals surface area (Å²) in [4.78, 5) is 14.3. The molecule has 1 aromatic rings. The van der Waals surface area contributed by atoms with Crippen molar-refractivity contribution in [3.8, 4) is 0 Å². The Labute approximate surface area is 107 Å². The summed E-state index contributed by atoms with van der Waals surface area (Å²) in [5.41, 5.74) is 8.47. The van der Waals surface area contributed by atoms with Crippen molar-refractivity contribution in [3.63, 3.8) is 0 Å².